The maximum atomic E-state index is 14.7. The van der Waals surface area contributed by atoms with Crippen LogP contribution in [0.4, 0.5) is 0 Å². The van der Waals surface area contributed by atoms with Crippen LogP contribution in [0.5, 0.6) is 5.75 Å². The molecule has 89 heavy (non-hydrogen) atoms. The summed E-state index contributed by atoms with van der Waals surface area (Å²) in [5.74, 6) is -11.4. The number of carbonyl (C=O) groups excluding carboxylic acids is 10. The van der Waals surface area contributed by atoms with E-state index in [4.69, 9.17) is 22.9 Å². The minimum atomic E-state index is -1.49. The normalized spacial score (nSPS) is 23.3. The minimum Gasteiger partial charge on any atom is -0.508 e. The molecule has 10 amide bonds. The van der Waals surface area contributed by atoms with Crippen molar-refractivity contribution in [3.8, 4) is 5.75 Å². The Morgan fingerprint density at radius 2 is 1.34 bits per heavy atom. The van der Waals surface area contributed by atoms with Gasteiger partial charge in [0, 0.05) is 54.5 Å². The lowest BCUT2D eigenvalue weighted by Crippen LogP contribution is -2.61. The van der Waals surface area contributed by atoms with Crippen LogP contribution in [0.1, 0.15) is 76.8 Å². The fourth-order valence-electron chi connectivity index (χ4n) is 9.33. The fourth-order valence-corrected chi connectivity index (χ4v) is 11.7. The van der Waals surface area contributed by atoms with Crippen LogP contribution in [0, 0.1) is 5.92 Å². The summed E-state index contributed by atoms with van der Waals surface area (Å²) in [7, 11) is 1.92. The zero-order chi connectivity index (χ0) is 65.2. The molecule has 0 spiro atoms. The highest BCUT2D eigenvalue weighted by Gasteiger charge is 2.36. The molecule has 3 heterocycles. The first-order valence-corrected chi connectivity index (χ1v) is 31.5. The van der Waals surface area contributed by atoms with Crippen LogP contribution < -0.4 is 81.4 Å². The first-order chi connectivity index (χ1) is 42.4. The average molecular weight is 1280 g/mol. The molecule has 0 saturated carbocycles. The van der Waals surface area contributed by atoms with E-state index in [1.807, 2.05) is 18.2 Å². The third-order valence-corrected chi connectivity index (χ3v) is 16.9. The number of phenolic OH excluding ortho intramolecular Hbond substituents is 1. The maximum absolute atomic E-state index is 14.7. The number of nitrogens with one attached hydrogen (secondary N) is 12. The molecule has 0 unspecified atom stereocenters. The Morgan fingerprint density at radius 3 is 2.01 bits per heavy atom. The van der Waals surface area contributed by atoms with Crippen LogP contribution in [0.2, 0.25) is 0 Å². The van der Waals surface area contributed by atoms with Crippen molar-refractivity contribution in [3.63, 3.8) is 0 Å². The molecule has 22 N–H and O–H groups in total. The predicted molar refractivity (Wildman–Crippen MR) is 334 cm³/mol. The van der Waals surface area contributed by atoms with Gasteiger partial charge in [-0.15, -0.1) is 0 Å². The number of benzene rings is 2. The third kappa shape index (κ3) is 23.6. The Kier molecular flexibility index (Phi) is 28.5. The minimum absolute atomic E-state index is 0.0212. The van der Waals surface area contributed by atoms with Gasteiger partial charge in [0.15, 0.2) is 11.9 Å². The van der Waals surface area contributed by atoms with E-state index >= 15 is 0 Å². The van der Waals surface area contributed by atoms with Crippen molar-refractivity contribution in [1.82, 2.24) is 63.5 Å². The van der Waals surface area contributed by atoms with Gasteiger partial charge in [-0.2, -0.15) is 0 Å². The quantitative estimate of drug-likeness (QED) is 0.0237. The lowest BCUT2D eigenvalue weighted by atomic mass is 9.96. The van der Waals surface area contributed by atoms with Gasteiger partial charge in [0.05, 0.1) is 19.1 Å². The SMILES string of the molecule is CC[C@H](C)[C@@H]1NC(=O)[C@H](Cc2c[nH]c3ccccc23)NC(=O)[C@H](C)NC(=O)[C@H](CCCN=C(N)N)NC(=O)[C@@H](NC(=O)[C@@H]2CCCN2)CSSC[C@@H](C(=O)N[C@H](CCCN=C(N)N)C(=O)O)NC(=O)CNC(=O)CNC(=O)[C@H](Cc2ccc(O)cc2)NC1=O. The molecule has 486 valence electrons. The Balaban J connectivity index is 1.52. The van der Waals surface area contributed by atoms with Crippen LogP contribution in [0.3, 0.4) is 0 Å². The van der Waals surface area contributed by atoms with Gasteiger partial charge in [-0.1, -0.05) is 72.2 Å². The number of carbonyl (C=O) groups is 11. The zero-order valence-corrected chi connectivity index (χ0v) is 51.3. The molecule has 5 rings (SSSR count). The number of nitrogens with two attached hydrogens (primary N) is 4. The molecule has 3 aromatic rings. The second-order valence-corrected chi connectivity index (χ2v) is 24.0. The summed E-state index contributed by atoms with van der Waals surface area (Å²) in [5, 5.41) is 49.8. The van der Waals surface area contributed by atoms with Crippen molar-refractivity contribution in [2.45, 2.75) is 133 Å². The first-order valence-electron chi connectivity index (χ1n) is 29.0. The van der Waals surface area contributed by atoms with E-state index in [2.05, 4.69) is 73.5 Å². The van der Waals surface area contributed by atoms with E-state index in [0.717, 1.165) is 32.5 Å². The lowest BCUT2D eigenvalue weighted by Gasteiger charge is -2.29. The van der Waals surface area contributed by atoms with Crippen LogP contribution in [0.15, 0.2) is 64.7 Å². The largest absolute Gasteiger partial charge is 0.508 e. The van der Waals surface area contributed by atoms with E-state index in [1.54, 1.807) is 26.1 Å². The standard InChI is InChI=1S/C56H82N18O13S2/c1-4-29(2)45-53(85)72-39(22-31-15-17-33(75)18-16-31)47(79)66-25-43(76)65-26-44(77)68-41(51(83)70-38(54(86)87)14-9-21-63-56(59)60)27-88-89-28-42(73-48(80)36-12-7-19-61-36)52(84)69-37(13-8-20-62-55(57)58)49(81)67-30(3)46(78)71-40(50(82)74-45)23-32-24-64-35-11-6-5-10-34(32)35/h5-6,10-11,15-18,24,29-30,36-42,45,61,64,75H,4,7-9,12-14,19-23,25-28H2,1-3H3,(H,65,76)(H,66,79)(H,67,81)(H,68,77)(H,69,84)(H,70,83)(H,71,78)(H,72,85)(H,73,80)(H,74,82)(H,86,87)(H4,57,58,62)(H4,59,60,63)/t29-,30-,36-,37-,38+,39-,40-,41-,42-,45-/m0/s1. The molecule has 2 aliphatic rings. The Hall–Kier alpha value is -8.85. The van der Waals surface area contributed by atoms with Crippen molar-refractivity contribution in [3.05, 3.63) is 65.9 Å². The van der Waals surface area contributed by atoms with Gasteiger partial charge in [0.1, 0.15) is 54.1 Å². The molecule has 2 saturated heterocycles. The number of aromatic nitrogens is 1. The van der Waals surface area contributed by atoms with Crippen molar-refractivity contribution in [2.75, 3.05) is 44.2 Å². The van der Waals surface area contributed by atoms with Gasteiger partial charge >= 0.3 is 5.97 Å². The van der Waals surface area contributed by atoms with E-state index in [1.165, 1.54) is 31.2 Å². The highest BCUT2D eigenvalue weighted by atomic mass is 33.1. The van der Waals surface area contributed by atoms with Crippen molar-refractivity contribution < 1.29 is 63.0 Å². The van der Waals surface area contributed by atoms with Crippen LogP contribution >= 0.6 is 21.6 Å². The molecule has 1 aromatic heterocycles. The second kappa shape index (κ2) is 35.8. The average Bonchev–Trinajstić information content (AvgIpc) is 2.98. The number of aliphatic carboxylic acids is 1. The number of aromatic amines is 1. The molecule has 0 aliphatic carbocycles. The molecular weight excluding hydrogens is 1200 g/mol. The molecule has 10 atom stereocenters. The number of rotatable bonds is 19. The van der Waals surface area contributed by atoms with Gasteiger partial charge in [-0.05, 0) is 87.2 Å². The van der Waals surface area contributed by atoms with E-state index in [0.29, 0.717) is 36.9 Å². The summed E-state index contributed by atoms with van der Waals surface area (Å²) < 4.78 is 0. The van der Waals surface area contributed by atoms with Gasteiger partial charge in [0.25, 0.3) is 0 Å². The van der Waals surface area contributed by atoms with Crippen molar-refractivity contribution in [2.24, 2.45) is 38.8 Å². The molecule has 31 nitrogen and oxygen atoms in total. The summed E-state index contributed by atoms with van der Waals surface area (Å²) in [5.41, 5.74) is 23.7. The molecule has 2 fully saturated rings. The number of aliphatic imine (C=N–C) groups is 2. The number of H-pyrrole nitrogens is 1. The summed E-state index contributed by atoms with van der Waals surface area (Å²) in [6.07, 6.45) is 2.84. The molecule has 2 aromatic carbocycles. The summed E-state index contributed by atoms with van der Waals surface area (Å²) in [4.78, 5) is 164. The topological polar surface area (TPSA) is 505 Å². The van der Waals surface area contributed by atoms with Gasteiger partial charge in [0.2, 0.25) is 59.1 Å². The number of carboxylic acids is 1. The van der Waals surface area contributed by atoms with Crippen molar-refractivity contribution >= 4 is 109 Å². The number of para-hydroxylation sites is 1. The molecular formula is C56H82N18O13S2. The van der Waals surface area contributed by atoms with Gasteiger partial charge in [-0.25, -0.2) is 4.79 Å². The van der Waals surface area contributed by atoms with E-state index < -0.39 is 138 Å². The molecule has 2 aliphatic heterocycles. The summed E-state index contributed by atoms with van der Waals surface area (Å²) >= 11 is 0. The summed E-state index contributed by atoms with van der Waals surface area (Å²) in [6, 6.07) is 1.03. The van der Waals surface area contributed by atoms with Gasteiger partial charge < -0.3 is 96.6 Å². The Bertz CT molecular complexity index is 3030. The van der Waals surface area contributed by atoms with Crippen LogP contribution in [-0.2, 0) is 65.6 Å². The molecule has 0 radical (unpaired) electrons. The zero-order valence-electron chi connectivity index (χ0n) is 49.7. The number of amides is 10. The van der Waals surface area contributed by atoms with Crippen LogP contribution in [-0.4, -0.2) is 191 Å². The number of hydrogen-bond donors (Lipinski definition) is 18. The number of nitrogens with zero attached hydrogens (tertiary/aromatic N) is 2. The third-order valence-electron chi connectivity index (χ3n) is 14.5. The van der Waals surface area contributed by atoms with Gasteiger partial charge in [-0.3, -0.25) is 57.9 Å². The number of carboxylic acid groups (broad SMARTS) is 1. The predicted octanol–water partition coefficient (Wildman–Crippen LogP) is -3.83. The second-order valence-electron chi connectivity index (χ2n) is 21.4. The Labute approximate surface area is 521 Å². The monoisotopic (exact) mass is 1280 g/mol. The maximum Gasteiger partial charge on any atom is 0.326 e. The number of aromatic hydroxyl groups is 1. The van der Waals surface area contributed by atoms with E-state index in [9.17, 15) is 63.0 Å². The number of hydrogen-bond acceptors (Lipinski definition) is 17. The summed E-state index contributed by atoms with van der Waals surface area (Å²) in [6.45, 7) is 3.91. The van der Waals surface area contributed by atoms with E-state index in [-0.39, 0.29) is 80.8 Å². The van der Waals surface area contributed by atoms with Crippen molar-refractivity contribution in [1.29, 1.82) is 0 Å². The first kappa shape index (κ1) is 70.9. The lowest BCUT2D eigenvalue weighted by molar-refractivity contribution is -0.142. The number of fused-ring (bicyclic) bond motifs is 1. The van der Waals surface area contributed by atoms with Crippen LogP contribution in [0.25, 0.3) is 10.9 Å². The highest BCUT2D eigenvalue weighted by molar-refractivity contribution is 8.76. The molecule has 0 bridgehead atoms. The Morgan fingerprint density at radius 1 is 0.697 bits per heavy atom. The smallest absolute Gasteiger partial charge is 0.326 e. The number of guanidine groups is 2. The highest BCUT2D eigenvalue weighted by Crippen LogP contribution is 2.25. The number of phenols is 1. The fraction of sp³-hybridized carbons (Fsp3) is 0.518. The molecule has 33 heteroatoms.